The van der Waals surface area contributed by atoms with Gasteiger partial charge in [0, 0.05) is 31.2 Å². The van der Waals surface area contributed by atoms with Gasteiger partial charge in [0.1, 0.15) is 11.1 Å². The smallest absolute Gasteiger partial charge is 0.234 e. The second kappa shape index (κ2) is 8.04. The molecule has 0 bridgehead atoms. The van der Waals surface area contributed by atoms with Crippen LogP contribution in [0, 0.1) is 32.1 Å². The minimum absolute atomic E-state index is 0.121. The van der Waals surface area contributed by atoms with Crippen LogP contribution in [0.15, 0.2) is 29.3 Å². The molecular formula is C19H22N4OS. The van der Waals surface area contributed by atoms with Crippen LogP contribution in [0.1, 0.15) is 22.4 Å². The first-order chi connectivity index (χ1) is 11.8. The Bertz CT molecular complexity index is 823. The highest BCUT2D eigenvalue weighted by atomic mass is 32.2. The number of rotatable bonds is 5. The molecule has 0 atom stereocenters. The molecule has 0 aliphatic rings. The van der Waals surface area contributed by atoms with Crippen LogP contribution in [0.5, 0.6) is 0 Å². The third-order valence-corrected chi connectivity index (χ3v) is 5.06. The zero-order valence-corrected chi connectivity index (χ0v) is 16.0. The summed E-state index contributed by atoms with van der Waals surface area (Å²) in [6, 6.07) is 9.84. The van der Waals surface area contributed by atoms with Gasteiger partial charge in [0.05, 0.1) is 11.3 Å². The Hall–Kier alpha value is -2.52. The quantitative estimate of drug-likeness (QED) is 0.830. The summed E-state index contributed by atoms with van der Waals surface area (Å²) in [7, 11) is 3.94. The number of anilines is 2. The highest BCUT2D eigenvalue weighted by molar-refractivity contribution is 8.00. The molecule has 0 saturated carbocycles. The number of aromatic nitrogens is 1. The predicted octanol–water partition coefficient (Wildman–Crippen LogP) is 3.68. The maximum atomic E-state index is 12.2. The number of nitriles is 1. The van der Waals surface area contributed by atoms with Crippen LogP contribution in [0.2, 0.25) is 0 Å². The van der Waals surface area contributed by atoms with Crippen molar-refractivity contribution in [2.24, 2.45) is 0 Å². The fraction of sp³-hybridized carbons (Fsp3) is 0.316. The third kappa shape index (κ3) is 4.52. The summed E-state index contributed by atoms with van der Waals surface area (Å²) in [6.45, 7) is 5.79. The predicted molar refractivity (Wildman–Crippen MR) is 103 cm³/mol. The molecule has 1 heterocycles. The van der Waals surface area contributed by atoms with E-state index in [-0.39, 0.29) is 11.7 Å². The molecule has 6 heteroatoms. The van der Waals surface area contributed by atoms with Crippen molar-refractivity contribution in [3.05, 3.63) is 46.6 Å². The van der Waals surface area contributed by atoms with E-state index in [1.807, 2.05) is 64.0 Å². The fourth-order valence-electron chi connectivity index (χ4n) is 2.32. The summed E-state index contributed by atoms with van der Waals surface area (Å²) in [6.07, 6.45) is 0. The van der Waals surface area contributed by atoms with Crippen LogP contribution in [-0.2, 0) is 4.79 Å². The maximum absolute atomic E-state index is 12.2. The van der Waals surface area contributed by atoms with Gasteiger partial charge in [-0.1, -0.05) is 11.8 Å². The second-order valence-corrected chi connectivity index (χ2v) is 6.98. The van der Waals surface area contributed by atoms with Crippen LogP contribution in [0.3, 0.4) is 0 Å². The highest BCUT2D eigenvalue weighted by Crippen LogP contribution is 2.26. The molecule has 1 aromatic heterocycles. The lowest BCUT2D eigenvalue weighted by Crippen LogP contribution is -2.15. The molecule has 0 aliphatic heterocycles. The fourth-order valence-corrected chi connectivity index (χ4v) is 3.21. The molecular weight excluding hydrogens is 332 g/mol. The average molecular weight is 354 g/mol. The van der Waals surface area contributed by atoms with E-state index in [4.69, 9.17) is 0 Å². The Kier molecular flexibility index (Phi) is 6.05. The first-order valence-corrected chi connectivity index (χ1v) is 8.90. The van der Waals surface area contributed by atoms with Crippen molar-refractivity contribution in [3.8, 4) is 6.07 Å². The molecule has 1 amide bonds. The van der Waals surface area contributed by atoms with Crippen molar-refractivity contribution < 1.29 is 4.79 Å². The molecule has 0 radical (unpaired) electrons. The monoisotopic (exact) mass is 354 g/mol. The van der Waals surface area contributed by atoms with E-state index in [1.165, 1.54) is 11.8 Å². The summed E-state index contributed by atoms with van der Waals surface area (Å²) in [5.41, 5.74) is 5.21. The van der Waals surface area contributed by atoms with E-state index in [2.05, 4.69) is 16.4 Å². The van der Waals surface area contributed by atoms with Gasteiger partial charge in [-0.2, -0.15) is 5.26 Å². The van der Waals surface area contributed by atoms with Gasteiger partial charge in [-0.3, -0.25) is 4.79 Å². The molecule has 0 aliphatic carbocycles. The molecule has 130 valence electrons. The highest BCUT2D eigenvalue weighted by Gasteiger charge is 2.14. The topological polar surface area (TPSA) is 69.0 Å². The Balaban J connectivity index is 2.04. The van der Waals surface area contributed by atoms with Crippen molar-refractivity contribution in [2.75, 3.05) is 30.1 Å². The van der Waals surface area contributed by atoms with E-state index in [1.54, 1.807) is 0 Å². The van der Waals surface area contributed by atoms with Crippen LogP contribution < -0.4 is 10.2 Å². The summed E-state index contributed by atoms with van der Waals surface area (Å²) >= 11 is 1.29. The van der Waals surface area contributed by atoms with Gasteiger partial charge in [-0.05, 0) is 56.2 Å². The molecule has 0 fully saturated rings. The van der Waals surface area contributed by atoms with E-state index in [0.717, 1.165) is 28.2 Å². The average Bonchev–Trinajstić information content (AvgIpc) is 2.58. The van der Waals surface area contributed by atoms with Crippen molar-refractivity contribution in [1.82, 2.24) is 4.98 Å². The van der Waals surface area contributed by atoms with Gasteiger partial charge < -0.3 is 10.2 Å². The van der Waals surface area contributed by atoms with E-state index in [9.17, 15) is 10.1 Å². The number of amides is 1. The first-order valence-electron chi connectivity index (χ1n) is 7.91. The van der Waals surface area contributed by atoms with Crippen LogP contribution in [0.25, 0.3) is 0 Å². The summed E-state index contributed by atoms with van der Waals surface area (Å²) in [4.78, 5) is 18.7. The lowest BCUT2D eigenvalue weighted by atomic mass is 10.1. The maximum Gasteiger partial charge on any atom is 0.234 e. The molecule has 5 nitrogen and oxygen atoms in total. The molecule has 0 saturated heterocycles. The van der Waals surface area contributed by atoms with Crippen LogP contribution in [0.4, 0.5) is 11.4 Å². The van der Waals surface area contributed by atoms with Gasteiger partial charge in [-0.25, -0.2) is 4.98 Å². The van der Waals surface area contributed by atoms with Gasteiger partial charge in [0.15, 0.2) is 0 Å². The summed E-state index contributed by atoms with van der Waals surface area (Å²) < 4.78 is 0. The molecule has 1 aromatic carbocycles. The van der Waals surface area contributed by atoms with Crippen molar-refractivity contribution in [1.29, 1.82) is 5.26 Å². The number of nitrogens with zero attached hydrogens (tertiary/aromatic N) is 3. The molecule has 0 unspecified atom stereocenters. The van der Waals surface area contributed by atoms with E-state index < -0.39 is 0 Å². The van der Waals surface area contributed by atoms with Gasteiger partial charge >= 0.3 is 0 Å². The number of carbonyl (C=O) groups excluding carboxylic acids is 1. The number of aryl methyl sites for hydroxylation is 1. The number of pyridine rings is 1. The van der Waals surface area contributed by atoms with E-state index >= 15 is 0 Å². The Morgan fingerprint density at radius 2 is 1.84 bits per heavy atom. The van der Waals surface area contributed by atoms with Crippen molar-refractivity contribution >= 4 is 29.0 Å². The molecule has 25 heavy (non-hydrogen) atoms. The standard InChI is InChI=1S/C19H22N4OS/c1-12-13(2)17(10-20)19(21-14(12)3)25-11-18(24)22-15-6-8-16(9-7-15)23(4)5/h6-9H,11H2,1-5H3,(H,22,24). The molecule has 0 spiro atoms. The van der Waals surface area contributed by atoms with Crippen LogP contribution >= 0.6 is 11.8 Å². The Morgan fingerprint density at radius 3 is 2.40 bits per heavy atom. The zero-order valence-electron chi connectivity index (χ0n) is 15.2. The number of nitrogens with one attached hydrogen (secondary N) is 1. The third-order valence-electron chi connectivity index (χ3n) is 4.08. The van der Waals surface area contributed by atoms with Crippen LogP contribution in [-0.4, -0.2) is 30.7 Å². The van der Waals surface area contributed by atoms with Gasteiger partial charge in [0.25, 0.3) is 0 Å². The number of hydrogen-bond donors (Lipinski definition) is 1. The lowest BCUT2D eigenvalue weighted by Gasteiger charge is -2.13. The lowest BCUT2D eigenvalue weighted by molar-refractivity contribution is -0.113. The second-order valence-electron chi connectivity index (χ2n) is 6.02. The van der Waals surface area contributed by atoms with E-state index in [0.29, 0.717) is 10.6 Å². The summed E-state index contributed by atoms with van der Waals surface area (Å²) in [5.74, 6) is 0.0863. The normalized spacial score (nSPS) is 10.2. The number of hydrogen-bond acceptors (Lipinski definition) is 5. The molecule has 2 rings (SSSR count). The Morgan fingerprint density at radius 1 is 1.20 bits per heavy atom. The SMILES string of the molecule is Cc1nc(SCC(=O)Nc2ccc(N(C)C)cc2)c(C#N)c(C)c1C. The number of carbonyl (C=O) groups is 1. The first kappa shape index (κ1) is 18.8. The summed E-state index contributed by atoms with van der Waals surface area (Å²) in [5, 5.41) is 12.9. The number of thioether (sulfide) groups is 1. The van der Waals surface area contributed by atoms with Crippen molar-refractivity contribution in [2.45, 2.75) is 25.8 Å². The zero-order chi connectivity index (χ0) is 18.6. The minimum Gasteiger partial charge on any atom is -0.378 e. The van der Waals surface area contributed by atoms with Gasteiger partial charge in [0.2, 0.25) is 5.91 Å². The Labute approximate surface area is 153 Å². The number of benzene rings is 1. The minimum atomic E-state index is -0.121. The molecule has 2 aromatic rings. The molecule has 1 N–H and O–H groups in total. The van der Waals surface area contributed by atoms with Gasteiger partial charge in [-0.15, -0.1) is 0 Å². The largest absolute Gasteiger partial charge is 0.378 e. The van der Waals surface area contributed by atoms with Crippen molar-refractivity contribution in [3.63, 3.8) is 0 Å².